The molecule has 0 radical (unpaired) electrons. The Morgan fingerprint density at radius 2 is 1.89 bits per heavy atom. The molecule has 0 unspecified atom stereocenters. The lowest BCUT2D eigenvalue weighted by Crippen LogP contribution is -2.44. The molecule has 2 rings (SSSR count). The minimum atomic E-state index is -0.423. The van der Waals surface area contributed by atoms with Crippen LogP contribution in [-0.4, -0.2) is 56.0 Å². The first kappa shape index (κ1) is 23.4. The highest BCUT2D eigenvalue weighted by Gasteiger charge is 2.26. The third kappa shape index (κ3) is 7.15. The highest BCUT2D eigenvalue weighted by Crippen LogP contribution is 2.27. The molecule has 0 bridgehead atoms. The zero-order chi connectivity index (χ0) is 19.1. The molecule has 0 aromatic heterocycles. The van der Waals surface area contributed by atoms with Gasteiger partial charge in [-0.05, 0) is 69.5 Å². The fourth-order valence-corrected chi connectivity index (χ4v) is 3.38. The molecule has 1 amide bonds. The molecule has 1 aliphatic carbocycles. The second-order valence-corrected chi connectivity index (χ2v) is 7.48. The number of carbonyl (C=O) groups excluding carboxylic acids is 1. The fraction of sp³-hybridized carbons (Fsp3) is 0.571. The Kier molecular flexibility index (Phi) is 9.81. The van der Waals surface area contributed by atoms with Gasteiger partial charge < -0.3 is 14.5 Å². The molecule has 0 N–H and O–H groups in total. The quantitative estimate of drug-likeness (QED) is 0.644. The van der Waals surface area contributed by atoms with Gasteiger partial charge in [0.15, 0.2) is 11.6 Å². The average Bonchev–Trinajstić information content (AvgIpc) is 2.61. The number of carbonyl (C=O) groups is 1. The lowest BCUT2D eigenvalue weighted by atomic mass is 9.86. The van der Waals surface area contributed by atoms with E-state index in [4.69, 9.17) is 4.74 Å². The van der Waals surface area contributed by atoms with Gasteiger partial charge in [-0.15, -0.1) is 12.4 Å². The smallest absolute Gasteiger partial charge is 0.246 e. The third-order valence-corrected chi connectivity index (χ3v) is 5.09. The van der Waals surface area contributed by atoms with Crippen molar-refractivity contribution in [1.82, 2.24) is 9.80 Å². The van der Waals surface area contributed by atoms with Crippen LogP contribution < -0.4 is 4.74 Å². The number of methoxy groups -OCH3 is 1. The Morgan fingerprint density at radius 3 is 2.44 bits per heavy atom. The summed E-state index contributed by atoms with van der Waals surface area (Å²) in [6.07, 6.45) is 7.71. The largest absolute Gasteiger partial charge is 0.494 e. The lowest BCUT2D eigenvalue weighted by Gasteiger charge is -2.36. The predicted molar refractivity (Wildman–Crippen MR) is 111 cm³/mol. The summed E-state index contributed by atoms with van der Waals surface area (Å²) in [5.41, 5.74) is 0.654. The van der Waals surface area contributed by atoms with Crippen molar-refractivity contribution < 1.29 is 13.9 Å². The molecule has 152 valence electrons. The molecule has 0 spiro atoms. The number of halogens is 2. The Bertz CT molecular complexity index is 629. The molecule has 4 nitrogen and oxygen atoms in total. The van der Waals surface area contributed by atoms with E-state index in [-0.39, 0.29) is 24.1 Å². The summed E-state index contributed by atoms with van der Waals surface area (Å²) in [6.45, 7) is 3.83. The summed E-state index contributed by atoms with van der Waals surface area (Å²) in [7, 11) is 5.47. The normalized spacial score (nSPS) is 19.8. The summed E-state index contributed by atoms with van der Waals surface area (Å²) < 4.78 is 18.7. The number of likely N-dealkylation sites (N-methyl/N-ethyl adjacent to an activating group) is 1. The summed E-state index contributed by atoms with van der Waals surface area (Å²) in [5, 5.41) is 0. The highest BCUT2D eigenvalue weighted by molar-refractivity contribution is 5.92. The van der Waals surface area contributed by atoms with Crippen molar-refractivity contribution in [2.45, 2.75) is 38.6 Å². The van der Waals surface area contributed by atoms with Crippen LogP contribution in [0.2, 0.25) is 0 Å². The van der Waals surface area contributed by atoms with Crippen molar-refractivity contribution in [1.29, 1.82) is 0 Å². The maximum Gasteiger partial charge on any atom is 0.246 e. The van der Waals surface area contributed by atoms with E-state index in [1.165, 1.54) is 26.0 Å². The van der Waals surface area contributed by atoms with Gasteiger partial charge in [0.1, 0.15) is 0 Å². The predicted octanol–water partition coefficient (Wildman–Crippen LogP) is 4.24. The topological polar surface area (TPSA) is 32.8 Å². The van der Waals surface area contributed by atoms with E-state index in [1.54, 1.807) is 24.3 Å². The van der Waals surface area contributed by atoms with Crippen molar-refractivity contribution in [3.8, 4) is 5.75 Å². The number of hydrogen-bond donors (Lipinski definition) is 0. The Balaban J connectivity index is 0.00000364. The van der Waals surface area contributed by atoms with Gasteiger partial charge in [0.05, 0.1) is 7.11 Å². The van der Waals surface area contributed by atoms with Crippen LogP contribution in [0.4, 0.5) is 4.39 Å². The standard InChI is InChI=1S/C21H31FN2O2.ClH/c1-16-5-9-18(10-6-16)24(14-13-23(2)3)21(25)12-8-17-7-11-20(26-4)19(22)15-17;/h7-8,11-12,15-16,18H,5-6,9-10,13-14H2,1-4H3;1H. The molecule has 1 aromatic carbocycles. The molecule has 0 aliphatic heterocycles. The number of rotatable bonds is 7. The zero-order valence-electron chi connectivity index (χ0n) is 16.8. The SMILES string of the molecule is COc1ccc(C=CC(=O)N(CCN(C)C)C2CCC(C)CC2)cc1F.Cl. The van der Waals surface area contributed by atoms with Gasteiger partial charge in [0.2, 0.25) is 5.91 Å². The van der Waals surface area contributed by atoms with E-state index in [9.17, 15) is 9.18 Å². The fourth-order valence-electron chi connectivity index (χ4n) is 3.38. The van der Waals surface area contributed by atoms with Crippen LogP contribution in [0.5, 0.6) is 5.75 Å². The summed E-state index contributed by atoms with van der Waals surface area (Å²) in [6, 6.07) is 5.01. The molecule has 0 saturated heterocycles. The molecule has 1 aliphatic rings. The summed E-state index contributed by atoms with van der Waals surface area (Å²) in [4.78, 5) is 16.9. The number of hydrogen-bond acceptors (Lipinski definition) is 3. The molecule has 6 heteroatoms. The van der Waals surface area contributed by atoms with Crippen LogP contribution in [0.15, 0.2) is 24.3 Å². The zero-order valence-corrected chi connectivity index (χ0v) is 17.6. The van der Waals surface area contributed by atoms with Crippen molar-refractivity contribution in [3.05, 3.63) is 35.7 Å². The number of nitrogens with zero attached hydrogens (tertiary/aromatic N) is 2. The molecule has 0 atom stereocenters. The van der Waals surface area contributed by atoms with E-state index in [2.05, 4.69) is 11.8 Å². The van der Waals surface area contributed by atoms with E-state index in [0.717, 1.165) is 25.3 Å². The molecule has 1 saturated carbocycles. The van der Waals surface area contributed by atoms with Crippen LogP contribution >= 0.6 is 12.4 Å². The minimum absolute atomic E-state index is 0. The van der Waals surface area contributed by atoms with Crippen LogP contribution in [0.3, 0.4) is 0 Å². The highest BCUT2D eigenvalue weighted by atomic mass is 35.5. The van der Waals surface area contributed by atoms with Gasteiger partial charge in [-0.1, -0.05) is 13.0 Å². The van der Waals surface area contributed by atoms with Crippen LogP contribution in [0.1, 0.15) is 38.2 Å². The minimum Gasteiger partial charge on any atom is -0.494 e. The van der Waals surface area contributed by atoms with Gasteiger partial charge in [0, 0.05) is 25.2 Å². The van der Waals surface area contributed by atoms with E-state index < -0.39 is 5.82 Å². The Hall–Kier alpha value is -1.59. The monoisotopic (exact) mass is 398 g/mol. The van der Waals surface area contributed by atoms with E-state index in [0.29, 0.717) is 18.2 Å². The van der Waals surface area contributed by atoms with Crippen LogP contribution in [-0.2, 0) is 4.79 Å². The second-order valence-electron chi connectivity index (χ2n) is 7.48. The summed E-state index contributed by atoms with van der Waals surface area (Å²) >= 11 is 0. The first-order valence-electron chi connectivity index (χ1n) is 9.37. The molecular formula is C21H32ClFN2O2. The van der Waals surface area contributed by atoms with Gasteiger partial charge >= 0.3 is 0 Å². The van der Waals surface area contributed by atoms with Crippen molar-refractivity contribution in [2.75, 3.05) is 34.3 Å². The average molecular weight is 399 g/mol. The van der Waals surface area contributed by atoms with Crippen LogP contribution in [0, 0.1) is 11.7 Å². The van der Waals surface area contributed by atoms with Gasteiger partial charge in [-0.25, -0.2) is 4.39 Å². The maximum atomic E-state index is 13.8. The maximum absolute atomic E-state index is 13.8. The lowest BCUT2D eigenvalue weighted by molar-refractivity contribution is -0.129. The van der Waals surface area contributed by atoms with E-state index >= 15 is 0 Å². The number of benzene rings is 1. The number of amides is 1. The molecule has 27 heavy (non-hydrogen) atoms. The molecule has 0 heterocycles. The van der Waals surface area contributed by atoms with Gasteiger partial charge in [0.25, 0.3) is 0 Å². The Morgan fingerprint density at radius 1 is 1.22 bits per heavy atom. The first-order valence-corrected chi connectivity index (χ1v) is 9.37. The third-order valence-electron chi connectivity index (χ3n) is 5.09. The molecule has 1 aromatic rings. The van der Waals surface area contributed by atoms with Gasteiger partial charge in [-0.3, -0.25) is 4.79 Å². The van der Waals surface area contributed by atoms with Crippen molar-refractivity contribution in [3.63, 3.8) is 0 Å². The Labute approximate surface area is 168 Å². The summed E-state index contributed by atoms with van der Waals surface area (Å²) in [5.74, 6) is 0.530. The van der Waals surface area contributed by atoms with Crippen molar-refractivity contribution in [2.24, 2.45) is 5.92 Å². The van der Waals surface area contributed by atoms with E-state index in [1.807, 2.05) is 19.0 Å². The number of ether oxygens (including phenoxy) is 1. The first-order chi connectivity index (χ1) is 12.4. The van der Waals surface area contributed by atoms with Crippen molar-refractivity contribution >= 4 is 24.4 Å². The molecular weight excluding hydrogens is 367 g/mol. The van der Waals surface area contributed by atoms with Crippen LogP contribution in [0.25, 0.3) is 6.08 Å². The van der Waals surface area contributed by atoms with Gasteiger partial charge in [-0.2, -0.15) is 0 Å². The second kappa shape index (κ2) is 11.3. The molecule has 1 fully saturated rings.